The number of rotatable bonds is 3. The van der Waals surface area contributed by atoms with Gasteiger partial charge in [-0.05, 0) is 18.2 Å². The number of nitrogen functional groups attached to an aromatic ring is 1. The monoisotopic (exact) mass is 347 g/mol. The molecular formula is C20H21N5O. The molecule has 2 N–H and O–H groups in total. The molecule has 6 heteroatoms. The Balaban J connectivity index is 2.20. The molecule has 0 unspecified atom stereocenters. The van der Waals surface area contributed by atoms with Gasteiger partial charge in [-0.25, -0.2) is 4.98 Å². The second kappa shape index (κ2) is 5.91. The molecule has 0 aliphatic heterocycles. The van der Waals surface area contributed by atoms with E-state index in [0.29, 0.717) is 0 Å². The number of fused-ring (bicyclic) bond motifs is 3. The van der Waals surface area contributed by atoms with Gasteiger partial charge in [-0.1, -0.05) is 18.2 Å². The van der Waals surface area contributed by atoms with Crippen molar-refractivity contribution in [3.63, 3.8) is 0 Å². The molecule has 2 aromatic heterocycles. The van der Waals surface area contributed by atoms with Crippen molar-refractivity contribution in [1.82, 2.24) is 14.5 Å². The second-order valence-electron chi connectivity index (χ2n) is 6.51. The molecule has 132 valence electrons. The molecule has 0 amide bonds. The highest BCUT2D eigenvalue weighted by Crippen LogP contribution is 2.40. The van der Waals surface area contributed by atoms with Gasteiger partial charge in [-0.15, -0.1) is 0 Å². The number of aromatic nitrogens is 3. The van der Waals surface area contributed by atoms with E-state index in [0.717, 1.165) is 44.5 Å². The van der Waals surface area contributed by atoms with Crippen LogP contribution < -0.4 is 15.4 Å². The molecule has 26 heavy (non-hydrogen) atoms. The predicted octanol–water partition coefficient (Wildman–Crippen LogP) is 3.45. The zero-order valence-corrected chi connectivity index (χ0v) is 15.3. The van der Waals surface area contributed by atoms with Gasteiger partial charge in [0.15, 0.2) is 0 Å². The summed E-state index contributed by atoms with van der Waals surface area (Å²) in [5.41, 5.74) is 9.98. The minimum Gasteiger partial charge on any atom is -0.496 e. The maximum atomic E-state index is 5.98. The minimum absolute atomic E-state index is 0.266. The van der Waals surface area contributed by atoms with E-state index in [2.05, 4.69) is 38.9 Å². The van der Waals surface area contributed by atoms with Crippen molar-refractivity contribution < 1.29 is 4.74 Å². The van der Waals surface area contributed by atoms with Gasteiger partial charge >= 0.3 is 0 Å². The zero-order chi connectivity index (χ0) is 18.4. The lowest BCUT2D eigenvalue weighted by atomic mass is 9.99. The van der Waals surface area contributed by atoms with E-state index in [4.69, 9.17) is 10.5 Å². The third-order valence-electron chi connectivity index (χ3n) is 4.63. The van der Waals surface area contributed by atoms with Gasteiger partial charge in [0, 0.05) is 43.9 Å². The molecule has 0 radical (unpaired) electrons. The Hall–Kier alpha value is -3.28. The van der Waals surface area contributed by atoms with Crippen LogP contribution in [-0.2, 0) is 7.05 Å². The molecular weight excluding hydrogens is 326 g/mol. The van der Waals surface area contributed by atoms with Crippen LogP contribution in [0.4, 0.5) is 11.8 Å². The molecule has 4 aromatic rings. The van der Waals surface area contributed by atoms with Gasteiger partial charge in [0.2, 0.25) is 5.95 Å². The van der Waals surface area contributed by atoms with Crippen molar-refractivity contribution in [1.29, 1.82) is 0 Å². The van der Waals surface area contributed by atoms with Crippen molar-refractivity contribution in [3.05, 3.63) is 42.6 Å². The van der Waals surface area contributed by atoms with Crippen LogP contribution in [-0.4, -0.2) is 35.7 Å². The van der Waals surface area contributed by atoms with Crippen LogP contribution in [0.3, 0.4) is 0 Å². The lowest BCUT2D eigenvalue weighted by Gasteiger charge is -2.17. The van der Waals surface area contributed by atoms with E-state index < -0.39 is 0 Å². The number of ether oxygens (including phenoxy) is 1. The van der Waals surface area contributed by atoms with E-state index in [9.17, 15) is 0 Å². The fourth-order valence-corrected chi connectivity index (χ4v) is 3.51. The number of hydrogen-bond acceptors (Lipinski definition) is 5. The molecule has 0 aliphatic rings. The molecule has 2 heterocycles. The highest BCUT2D eigenvalue weighted by molar-refractivity contribution is 6.16. The maximum absolute atomic E-state index is 5.98. The van der Waals surface area contributed by atoms with E-state index in [1.54, 1.807) is 7.11 Å². The Kier molecular flexibility index (Phi) is 3.68. The molecule has 4 rings (SSSR count). The summed E-state index contributed by atoms with van der Waals surface area (Å²) in [7, 11) is 7.65. The van der Waals surface area contributed by atoms with E-state index in [-0.39, 0.29) is 5.95 Å². The van der Waals surface area contributed by atoms with Crippen molar-refractivity contribution >= 4 is 33.6 Å². The Bertz CT molecular complexity index is 1130. The van der Waals surface area contributed by atoms with Crippen molar-refractivity contribution in [3.8, 4) is 16.9 Å². The Labute approximate surface area is 151 Å². The van der Waals surface area contributed by atoms with Crippen molar-refractivity contribution in [2.75, 3.05) is 31.8 Å². The SMILES string of the molecule is COc1ccccc1-c1cc2nc(N)nc(N(C)C)c2c2ccn(C)c12. The minimum atomic E-state index is 0.266. The molecule has 0 atom stereocenters. The average molecular weight is 347 g/mol. The third kappa shape index (κ3) is 2.34. The number of aryl methyl sites for hydroxylation is 1. The molecule has 0 bridgehead atoms. The number of methoxy groups -OCH3 is 1. The molecule has 6 nitrogen and oxygen atoms in total. The quantitative estimate of drug-likeness (QED) is 0.615. The van der Waals surface area contributed by atoms with Gasteiger partial charge in [0.25, 0.3) is 0 Å². The summed E-state index contributed by atoms with van der Waals surface area (Å²) < 4.78 is 7.71. The molecule has 0 aliphatic carbocycles. The first-order valence-corrected chi connectivity index (χ1v) is 8.37. The summed E-state index contributed by atoms with van der Waals surface area (Å²) in [6.45, 7) is 0. The molecule has 0 saturated heterocycles. The normalized spacial score (nSPS) is 11.2. The molecule has 0 saturated carbocycles. The number of nitrogens with two attached hydrogens (primary N) is 1. The summed E-state index contributed by atoms with van der Waals surface area (Å²) >= 11 is 0. The van der Waals surface area contributed by atoms with Gasteiger partial charge in [0.1, 0.15) is 11.6 Å². The van der Waals surface area contributed by atoms with Gasteiger partial charge in [0.05, 0.1) is 23.5 Å². The van der Waals surface area contributed by atoms with E-state index >= 15 is 0 Å². The number of para-hydroxylation sites is 1. The fourth-order valence-electron chi connectivity index (χ4n) is 3.51. The lowest BCUT2D eigenvalue weighted by Crippen LogP contribution is -2.13. The van der Waals surface area contributed by atoms with Crippen LogP contribution in [0, 0.1) is 0 Å². The predicted molar refractivity (Wildman–Crippen MR) is 107 cm³/mol. The van der Waals surface area contributed by atoms with Crippen LogP contribution in [0.2, 0.25) is 0 Å². The van der Waals surface area contributed by atoms with Crippen molar-refractivity contribution in [2.45, 2.75) is 0 Å². The van der Waals surface area contributed by atoms with Crippen LogP contribution in [0.25, 0.3) is 32.9 Å². The van der Waals surface area contributed by atoms with Crippen LogP contribution >= 0.6 is 0 Å². The smallest absolute Gasteiger partial charge is 0.222 e. The number of nitrogens with zero attached hydrogens (tertiary/aromatic N) is 4. The topological polar surface area (TPSA) is 69.2 Å². The third-order valence-corrected chi connectivity index (χ3v) is 4.63. The van der Waals surface area contributed by atoms with Gasteiger partial charge in [-0.2, -0.15) is 4.98 Å². The Morgan fingerprint density at radius 2 is 1.85 bits per heavy atom. The van der Waals surface area contributed by atoms with Crippen molar-refractivity contribution in [2.24, 2.45) is 7.05 Å². The summed E-state index contributed by atoms with van der Waals surface area (Å²) in [4.78, 5) is 10.9. The Morgan fingerprint density at radius 3 is 2.58 bits per heavy atom. The second-order valence-corrected chi connectivity index (χ2v) is 6.51. The largest absolute Gasteiger partial charge is 0.496 e. The van der Waals surface area contributed by atoms with Crippen LogP contribution in [0.5, 0.6) is 5.75 Å². The maximum Gasteiger partial charge on any atom is 0.222 e. The molecule has 2 aromatic carbocycles. The summed E-state index contributed by atoms with van der Waals surface area (Å²) in [6.07, 6.45) is 2.05. The number of benzene rings is 2. The standard InChI is InChI=1S/C20H21N5O/c1-24(2)19-17-13-9-10-25(3)18(13)14(11-15(17)22-20(21)23-19)12-7-5-6-8-16(12)26-4/h5-11H,1-4H3,(H2,21,22,23). The first-order chi connectivity index (χ1) is 12.5. The highest BCUT2D eigenvalue weighted by Gasteiger charge is 2.19. The lowest BCUT2D eigenvalue weighted by molar-refractivity contribution is 0.416. The van der Waals surface area contributed by atoms with Crippen LogP contribution in [0.15, 0.2) is 42.6 Å². The van der Waals surface area contributed by atoms with Crippen LogP contribution in [0.1, 0.15) is 0 Å². The summed E-state index contributed by atoms with van der Waals surface area (Å²) in [5, 5.41) is 2.09. The number of anilines is 2. The highest BCUT2D eigenvalue weighted by atomic mass is 16.5. The zero-order valence-electron chi connectivity index (χ0n) is 15.3. The molecule has 0 spiro atoms. The van der Waals surface area contributed by atoms with Gasteiger partial charge < -0.3 is 19.9 Å². The Morgan fingerprint density at radius 1 is 1.08 bits per heavy atom. The number of hydrogen-bond donors (Lipinski definition) is 1. The van der Waals surface area contributed by atoms with Gasteiger partial charge in [-0.3, -0.25) is 0 Å². The first-order valence-electron chi connectivity index (χ1n) is 8.37. The first kappa shape index (κ1) is 16.2. The fraction of sp³-hybridized carbons (Fsp3) is 0.200. The van der Waals surface area contributed by atoms with E-state index in [1.165, 1.54) is 0 Å². The molecule has 0 fully saturated rings. The average Bonchev–Trinajstić information content (AvgIpc) is 3.02. The van der Waals surface area contributed by atoms with E-state index in [1.807, 2.05) is 44.2 Å². The summed E-state index contributed by atoms with van der Waals surface area (Å²) in [6, 6.07) is 12.2. The summed E-state index contributed by atoms with van der Waals surface area (Å²) in [5.74, 6) is 1.90.